The number of ether oxygens (including phenoxy) is 2. The maximum absolute atomic E-state index is 12.1. The Hall–Kier alpha value is -2.27. The average Bonchev–Trinajstić information content (AvgIpc) is 2.51. The van der Waals surface area contributed by atoms with E-state index < -0.39 is 0 Å². The van der Waals surface area contributed by atoms with Crippen molar-refractivity contribution >= 4 is 23.2 Å². The molecule has 0 bridgehead atoms. The minimum Gasteiger partial charge on any atom is -0.490 e. The lowest BCUT2D eigenvalue weighted by atomic mass is 10.2. The van der Waals surface area contributed by atoms with Crippen LogP contribution in [0.1, 0.15) is 24.2 Å². The first-order valence-electron chi connectivity index (χ1n) is 6.96. The molecule has 0 unspecified atom stereocenters. The fourth-order valence-corrected chi connectivity index (χ4v) is 1.95. The number of anilines is 1. The number of pyridine rings is 1. The van der Waals surface area contributed by atoms with Gasteiger partial charge in [0.1, 0.15) is 5.15 Å². The van der Waals surface area contributed by atoms with Gasteiger partial charge in [0.15, 0.2) is 11.5 Å². The first-order valence-corrected chi connectivity index (χ1v) is 7.34. The molecule has 22 heavy (non-hydrogen) atoms. The lowest BCUT2D eigenvalue weighted by molar-refractivity contribution is 0.102. The van der Waals surface area contributed by atoms with Gasteiger partial charge in [0.2, 0.25) is 0 Å². The summed E-state index contributed by atoms with van der Waals surface area (Å²) >= 11 is 5.71. The van der Waals surface area contributed by atoms with Crippen molar-refractivity contribution in [2.75, 3.05) is 18.5 Å². The van der Waals surface area contributed by atoms with Gasteiger partial charge in [-0.3, -0.25) is 4.79 Å². The highest BCUT2D eigenvalue weighted by molar-refractivity contribution is 6.29. The van der Waals surface area contributed by atoms with Crippen molar-refractivity contribution < 1.29 is 14.3 Å². The van der Waals surface area contributed by atoms with Crippen LogP contribution < -0.4 is 14.8 Å². The summed E-state index contributed by atoms with van der Waals surface area (Å²) < 4.78 is 11.0. The second-order valence-electron chi connectivity index (χ2n) is 4.35. The van der Waals surface area contributed by atoms with Gasteiger partial charge in [-0.15, -0.1) is 0 Å². The number of benzene rings is 1. The molecule has 2 aromatic rings. The number of hydrogen-bond donors (Lipinski definition) is 1. The smallest absolute Gasteiger partial charge is 0.257 e. The van der Waals surface area contributed by atoms with Crippen LogP contribution in [-0.4, -0.2) is 24.1 Å². The fraction of sp³-hybridized carbons (Fsp3) is 0.250. The van der Waals surface area contributed by atoms with Gasteiger partial charge < -0.3 is 14.8 Å². The van der Waals surface area contributed by atoms with Crippen LogP contribution in [0.3, 0.4) is 0 Å². The highest BCUT2D eigenvalue weighted by atomic mass is 35.5. The number of hydrogen-bond acceptors (Lipinski definition) is 4. The third kappa shape index (κ3) is 4.11. The Morgan fingerprint density at radius 3 is 2.50 bits per heavy atom. The number of carbonyl (C=O) groups excluding carboxylic acids is 1. The van der Waals surface area contributed by atoms with Gasteiger partial charge in [0.25, 0.3) is 5.91 Å². The first kappa shape index (κ1) is 16.1. The Bertz CT molecular complexity index is 644. The maximum Gasteiger partial charge on any atom is 0.257 e. The van der Waals surface area contributed by atoms with Gasteiger partial charge in [-0.25, -0.2) is 4.98 Å². The van der Waals surface area contributed by atoms with Crippen LogP contribution in [0.25, 0.3) is 0 Å². The molecule has 0 spiro atoms. The summed E-state index contributed by atoms with van der Waals surface area (Å²) in [6.07, 6.45) is 1.43. The zero-order valence-electron chi connectivity index (χ0n) is 12.4. The van der Waals surface area contributed by atoms with E-state index in [9.17, 15) is 4.79 Å². The summed E-state index contributed by atoms with van der Waals surface area (Å²) in [4.78, 5) is 16.0. The van der Waals surface area contributed by atoms with Crippen LogP contribution in [0.15, 0.2) is 36.5 Å². The van der Waals surface area contributed by atoms with E-state index in [-0.39, 0.29) is 5.91 Å². The van der Waals surface area contributed by atoms with Crippen molar-refractivity contribution in [1.82, 2.24) is 4.98 Å². The van der Waals surface area contributed by atoms with Gasteiger partial charge in [0, 0.05) is 18.0 Å². The van der Waals surface area contributed by atoms with Crippen molar-refractivity contribution in [2.24, 2.45) is 0 Å². The fourth-order valence-electron chi connectivity index (χ4n) is 1.84. The van der Waals surface area contributed by atoms with Crippen molar-refractivity contribution in [1.29, 1.82) is 0 Å². The summed E-state index contributed by atoms with van der Waals surface area (Å²) in [7, 11) is 0. The third-order valence-electron chi connectivity index (χ3n) is 2.79. The third-order valence-corrected chi connectivity index (χ3v) is 3.01. The van der Waals surface area contributed by atoms with Crippen LogP contribution in [0.5, 0.6) is 11.5 Å². The molecule has 5 nitrogen and oxygen atoms in total. The summed E-state index contributed by atoms with van der Waals surface area (Å²) in [5, 5.41) is 3.13. The quantitative estimate of drug-likeness (QED) is 0.823. The molecular weight excluding hydrogens is 304 g/mol. The zero-order valence-corrected chi connectivity index (χ0v) is 13.2. The Balaban J connectivity index is 2.16. The largest absolute Gasteiger partial charge is 0.490 e. The zero-order chi connectivity index (χ0) is 15.9. The van der Waals surface area contributed by atoms with Crippen molar-refractivity contribution in [3.63, 3.8) is 0 Å². The lowest BCUT2D eigenvalue weighted by Gasteiger charge is -2.13. The Kier molecular flexibility index (Phi) is 5.61. The molecule has 6 heteroatoms. The van der Waals surface area contributed by atoms with E-state index >= 15 is 0 Å². The minimum atomic E-state index is -0.268. The molecule has 0 radical (unpaired) electrons. The summed E-state index contributed by atoms with van der Waals surface area (Å²) in [6, 6.07) is 8.44. The predicted octanol–water partition coefficient (Wildman–Crippen LogP) is 3.78. The Morgan fingerprint density at radius 1 is 1.14 bits per heavy atom. The molecule has 1 heterocycles. The van der Waals surface area contributed by atoms with Crippen LogP contribution in [0, 0.1) is 0 Å². The lowest BCUT2D eigenvalue weighted by Crippen LogP contribution is -2.12. The summed E-state index contributed by atoms with van der Waals surface area (Å²) in [5.41, 5.74) is 1.04. The number of nitrogens with zero attached hydrogens (tertiary/aromatic N) is 1. The first-order chi connectivity index (χ1) is 10.6. The van der Waals surface area contributed by atoms with Crippen LogP contribution >= 0.6 is 11.6 Å². The van der Waals surface area contributed by atoms with Gasteiger partial charge in [-0.2, -0.15) is 0 Å². The molecule has 0 aliphatic heterocycles. The van der Waals surface area contributed by atoms with E-state index in [1.165, 1.54) is 6.20 Å². The molecule has 116 valence electrons. The molecule has 2 rings (SSSR count). The van der Waals surface area contributed by atoms with Gasteiger partial charge in [-0.05, 0) is 38.1 Å². The van der Waals surface area contributed by atoms with Gasteiger partial charge in [-0.1, -0.05) is 11.6 Å². The summed E-state index contributed by atoms with van der Waals surface area (Å²) in [6.45, 7) is 4.85. The van der Waals surface area contributed by atoms with Crippen molar-refractivity contribution in [3.8, 4) is 11.5 Å². The highest BCUT2D eigenvalue weighted by Crippen LogP contribution is 2.30. The molecule has 0 saturated heterocycles. The molecule has 1 aromatic carbocycles. The predicted molar refractivity (Wildman–Crippen MR) is 86.0 cm³/mol. The average molecular weight is 321 g/mol. The van der Waals surface area contributed by atoms with Gasteiger partial charge >= 0.3 is 0 Å². The van der Waals surface area contributed by atoms with E-state index in [0.717, 1.165) is 0 Å². The van der Waals surface area contributed by atoms with E-state index in [1.807, 2.05) is 13.8 Å². The van der Waals surface area contributed by atoms with Crippen LogP contribution in [0.2, 0.25) is 5.15 Å². The number of carbonyl (C=O) groups is 1. The topological polar surface area (TPSA) is 60.5 Å². The number of nitrogens with one attached hydrogen (secondary N) is 1. The van der Waals surface area contributed by atoms with E-state index in [1.54, 1.807) is 30.3 Å². The van der Waals surface area contributed by atoms with E-state index in [2.05, 4.69) is 10.3 Å². The van der Waals surface area contributed by atoms with E-state index in [0.29, 0.717) is 41.1 Å². The van der Waals surface area contributed by atoms with Crippen LogP contribution in [-0.2, 0) is 0 Å². The Labute approximate surface area is 134 Å². The Morgan fingerprint density at radius 2 is 1.86 bits per heavy atom. The van der Waals surface area contributed by atoms with Crippen LogP contribution in [0.4, 0.5) is 5.69 Å². The highest BCUT2D eigenvalue weighted by Gasteiger charge is 2.10. The van der Waals surface area contributed by atoms with Crippen molar-refractivity contribution in [3.05, 3.63) is 47.2 Å². The molecule has 0 saturated carbocycles. The SMILES string of the molecule is CCOc1ccc(NC(=O)c2ccc(Cl)nc2)cc1OCC. The number of aromatic nitrogens is 1. The number of amides is 1. The molecule has 0 aliphatic rings. The second-order valence-corrected chi connectivity index (χ2v) is 4.74. The molecule has 0 atom stereocenters. The molecule has 0 aliphatic carbocycles. The molecular formula is C16H17ClN2O3. The molecule has 0 fully saturated rings. The van der Waals surface area contributed by atoms with Gasteiger partial charge in [0.05, 0.1) is 18.8 Å². The van der Waals surface area contributed by atoms with Crippen molar-refractivity contribution in [2.45, 2.75) is 13.8 Å². The minimum absolute atomic E-state index is 0.268. The standard InChI is InChI=1S/C16H17ClN2O3/c1-3-21-13-7-6-12(9-14(13)22-4-2)19-16(20)11-5-8-15(17)18-10-11/h5-10H,3-4H2,1-2H3,(H,19,20). The summed E-state index contributed by atoms with van der Waals surface area (Å²) in [5.74, 6) is 0.975. The molecule has 1 aromatic heterocycles. The second kappa shape index (κ2) is 7.66. The number of halogens is 1. The maximum atomic E-state index is 12.1. The molecule has 1 amide bonds. The number of rotatable bonds is 6. The normalized spacial score (nSPS) is 10.1. The van der Waals surface area contributed by atoms with E-state index in [4.69, 9.17) is 21.1 Å². The monoisotopic (exact) mass is 320 g/mol. The molecule has 1 N–H and O–H groups in total.